The molecule has 0 aliphatic heterocycles. The lowest BCUT2D eigenvalue weighted by atomic mass is 9.96. The van der Waals surface area contributed by atoms with Crippen LogP contribution >= 0.6 is 11.6 Å². The molecule has 166 valence electrons. The maximum Gasteiger partial charge on any atom is 0.228 e. The number of nitrogens with zero attached hydrogens (tertiary/aromatic N) is 3. The highest BCUT2D eigenvalue weighted by Gasteiger charge is 2.27. The topological polar surface area (TPSA) is 109 Å². The fourth-order valence-electron chi connectivity index (χ4n) is 3.21. The van der Waals surface area contributed by atoms with Crippen LogP contribution in [0.15, 0.2) is 44.3 Å². The smallest absolute Gasteiger partial charge is 0.228 e. The molecule has 0 bridgehead atoms. The number of guanidine groups is 1. The average molecular weight is 446 g/mol. The van der Waals surface area contributed by atoms with Gasteiger partial charge in [-0.3, -0.25) is 0 Å². The highest BCUT2D eigenvalue weighted by atomic mass is 35.5. The van der Waals surface area contributed by atoms with Crippen LogP contribution in [0.3, 0.4) is 0 Å². The molecule has 3 rings (SSSR count). The maximum absolute atomic E-state index is 10.9. The van der Waals surface area contributed by atoms with Gasteiger partial charge >= 0.3 is 0 Å². The Bertz CT molecular complexity index is 1040. The minimum atomic E-state index is -1.14. The number of nitrogens with one attached hydrogen (secondary N) is 2. The zero-order chi connectivity index (χ0) is 22.4. The third kappa shape index (κ3) is 6.08. The lowest BCUT2D eigenvalue weighted by Crippen LogP contribution is -2.39. The van der Waals surface area contributed by atoms with Gasteiger partial charge in [-0.2, -0.15) is 4.98 Å². The van der Waals surface area contributed by atoms with Gasteiger partial charge < -0.3 is 24.7 Å². The van der Waals surface area contributed by atoms with E-state index >= 15 is 0 Å². The Morgan fingerprint density at radius 2 is 2.06 bits per heavy atom. The van der Waals surface area contributed by atoms with Gasteiger partial charge in [-0.05, 0) is 45.9 Å². The van der Waals surface area contributed by atoms with E-state index < -0.39 is 5.60 Å². The van der Waals surface area contributed by atoms with Crippen molar-refractivity contribution in [2.24, 2.45) is 4.99 Å². The molecular formula is C22H28ClN5O3. The van der Waals surface area contributed by atoms with Crippen LogP contribution in [-0.4, -0.2) is 40.8 Å². The molecule has 0 aliphatic rings. The van der Waals surface area contributed by atoms with Crippen molar-refractivity contribution in [3.8, 4) is 11.4 Å². The summed E-state index contributed by atoms with van der Waals surface area (Å²) in [6.07, 6.45) is 0.522. The highest BCUT2D eigenvalue weighted by molar-refractivity contribution is 6.30. The van der Waals surface area contributed by atoms with Crippen LogP contribution in [0.5, 0.6) is 0 Å². The second-order valence-corrected chi connectivity index (χ2v) is 7.93. The van der Waals surface area contributed by atoms with Crippen LogP contribution in [0, 0.1) is 13.8 Å². The number of aliphatic hydroxyl groups is 1. The van der Waals surface area contributed by atoms with E-state index in [0.29, 0.717) is 48.0 Å². The summed E-state index contributed by atoms with van der Waals surface area (Å²) in [6, 6.07) is 9.15. The fraction of sp³-hybridized carbons (Fsp3) is 0.409. The van der Waals surface area contributed by atoms with Gasteiger partial charge in [-0.15, -0.1) is 0 Å². The van der Waals surface area contributed by atoms with E-state index in [1.807, 2.05) is 39.0 Å². The fourth-order valence-corrected chi connectivity index (χ4v) is 3.40. The van der Waals surface area contributed by atoms with E-state index in [9.17, 15) is 5.11 Å². The Morgan fingerprint density at radius 1 is 1.26 bits per heavy atom. The number of hydrogen-bond acceptors (Lipinski definition) is 6. The van der Waals surface area contributed by atoms with Crippen molar-refractivity contribution in [3.05, 3.63) is 58.3 Å². The Balaban J connectivity index is 1.59. The van der Waals surface area contributed by atoms with Gasteiger partial charge in [0.25, 0.3) is 0 Å². The molecule has 3 aromatic rings. The van der Waals surface area contributed by atoms with E-state index in [2.05, 4.69) is 25.8 Å². The Morgan fingerprint density at radius 3 is 2.74 bits per heavy atom. The lowest BCUT2D eigenvalue weighted by molar-refractivity contribution is 0.0657. The molecule has 1 atom stereocenters. The third-order valence-corrected chi connectivity index (χ3v) is 4.93. The molecule has 1 unspecified atom stereocenters. The number of aromatic nitrogens is 2. The van der Waals surface area contributed by atoms with Crippen molar-refractivity contribution < 1.29 is 14.0 Å². The minimum Gasteiger partial charge on any atom is -0.466 e. The molecule has 0 radical (unpaired) electrons. The first-order valence-electron chi connectivity index (χ1n) is 10.2. The number of hydrogen-bond donors (Lipinski definition) is 3. The van der Waals surface area contributed by atoms with Crippen molar-refractivity contribution in [2.75, 3.05) is 19.6 Å². The summed E-state index contributed by atoms with van der Waals surface area (Å²) in [5, 5.41) is 21.9. The molecule has 0 saturated carbocycles. The van der Waals surface area contributed by atoms with Gasteiger partial charge in [0.2, 0.25) is 11.7 Å². The Kier molecular flexibility index (Phi) is 7.35. The van der Waals surface area contributed by atoms with Crippen molar-refractivity contribution >= 4 is 17.6 Å². The Hall–Kier alpha value is -2.84. The van der Waals surface area contributed by atoms with Gasteiger partial charge in [0.15, 0.2) is 5.96 Å². The van der Waals surface area contributed by atoms with Crippen LogP contribution < -0.4 is 10.6 Å². The van der Waals surface area contributed by atoms with Crippen molar-refractivity contribution in [1.82, 2.24) is 20.8 Å². The molecule has 2 heterocycles. The summed E-state index contributed by atoms with van der Waals surface area (Å²) in [5.74, 6) is 3.06. The summed E-state index contributed by atoms with van der Waals surface area (Å²) >= 11 is 6.02. The molecule has 3 N–H and O–H groups in total. The van der Waals surface area contributed by atoms with E-state index in [4.69, 9.17) is 20.5 Å². The Labute approximate surface area is 186 Å². The van der Waals surface area contributed by atoms with Gasteiger partial charge in [0.1, 0.15) is 17.1 Å². The number of aliphatic imine (C=N–C) groups is 1. The third-order valence-electron chi connectivity index (χ3n) is 4.69. The van der Waals surface area contributed by atoms with Crippen LogP contribution in [0.4, 0.5) is 0 Å². The quantitative estimate of drug-likeness (QED) is 0.359. The molecule has 0 amide bonds. The number of furan rings is 1. The molecule has 0 saturated heterocycles. The van der Waals surface area contributed by atoms with Crippen molar-refractivity contribution in [2.45, 2.75) is 39.7 Å². The van der Waals surface area contributed by atoms with Crippen LogP contribution in [0.1, 0.15) is 36.8 Å². The summed E-state index contributed by atoms with van der Waals surface area (Å²) < 4.78 is 10.9. The molecule has 0 fully saturated rings. The normalized spacial score (nSPS) is 13.8. The monoisotopic (exact) mass is 445 g/mol. The summed E-state index contributed by atoms with van der Waals surface area (Å²) in [4.78, 5) is 8.94. The molecule has 9 heteroatoms. The molecule has 0 spiro atoms. The highest BCUT2D eigenvalue weighted by Crippen LogP contribution is 2.27. The zero-order valence-electron chi connectivity index (χ0n) is 18.2. The van der Waals surface area contributed by atoms with Gasteiger partial charge in [0, 0.05) is 35.7 Å². The number of benzene rings is 1. The second kappa shape index (κ2) is 9.98. The average Bonchev–Trinajstić information content (AvgIpc) is 3.32. The standard InChI is InChI=1S/C22H28ClN5O3/c1-5-24-21(26-13-22(4,29)18-11-14(2)30-15(18)3)25-10-9-19-27-20(28-31-19)16-7-6-8-17(23)12-16/h6-8,11-12,29H,5,9-10,13H2,1-4H3,(H2,24,25,26). The summed E-state index contributed by atoms with van der Waals surface area (Å²) in [7, 11) is 0. The largest absolute Gasteiger partial charge is 0.466 e. The first kappa shape index (κ1) is 22.8. The van der Waals surface area contributed by atoms with E-state index in [0.717, 1.165) is 16.9 Å². The molecule has 0 aliphatic carbocycles. The van der Waals surface area contributed by atoms with E-state index in [1.54, 1.807) is 19.1 Å². The van der Waals surface area contributed by atoms with Crippen LogP contribution in [0.2, 0.25) is 5.02 Å². The molecule has 8 nitrogen and oxygen atoms in total. The zero-order valence-corrected chi connectivity index (χ0v) is 19.0. The van der Waals surface area contributed by atoms with Gasteiger partial charge in [-0.25, -0.2) is 4.99 Å². The number of aryl methyl sites for hydroxylation is 2. The first-order valence-corrected chi connectivity index (χ1v) is 10.6. The van der Waals surface area contributed by atoms with E-state index in [1.165, 1.54) is 0 Å². The molecule has 31 heavy (non-hydrogen) atoms. The van der Waals surface area contributed by atoms with Crippen LogP contribution in [-0.2, 0) is 12.0 Å². The minimum absolute atomic E-state index is 0.182. The number of rotatable bonds is 8. The molecular weight excluding hydrogens is 418 g/mol. The van der Waals surface area contributed by atoms with Gasteiger partial charge in [-0.1, -0.05) is 28.9 Å². The van der Waals surface area contributed by atoms with Crippen molar-refractivity contribution in [3.63, 3.8) is 0 Å². The SMILES string of the molecule is CCNC(=NCC(C)(O)c1cc(C)oc1C)NCCc1nc(-c2cccc(Cl)c2)no1. The number of halogens is 1. The summed E-state index contributed by atoms with van der Waals surface area (Å²) in [6.45, 7) is 8.82. The van der Waals surface area contributed by atoms with Crippen LogP contribution in [0.25, 0.3) is 11.4 Å². The predicted octanol–water partition coefficient (Wildman–Crippen LogP) is 3.61. The molecule has 1 aromatic carbocycles. The summed E-state index contributed by atoms with van der Waals surface area (Å²) in [5.41, 5.74) is 0.407. The van der Waals surface area contributed by atoms with Gasteiger partial charge in [0.05, 0.1) is 6.54 Å². The predicted molar refractivity (Wildman–Crippen MR) is 120 cm³/mol. The first-order chi connectivity index (χ1) is 14.8. The van der Waals surface area contributed by atoms with Crippen molar-refractivity contribution in [1.29, 1.82) is 0 Å². The molecule has 2 aromatic heterocycles. The lowest BCUT2D eigenvalue weighted by Gasteiger charge is -2.21. The van der Waals surface area contributed by atoms with E-state index in [-0.39, 0.29) is 6.54 Å². The second-order valence-electron chi connectivity index (χ2n) is 7.49. The maximum atomic E-state index is 10.9.